The predicted octanol–water partition coefficient (Wildman–Crippen LogP) is 7.15. The normalized spacial score (nSPS) is 11.6. The molecule has 0 aliphatic heterocycles. The highest BCUT2D eigenvalue weighted by molar-refractivity contribution is 6.48. The van der Waals surface area contributed by atoms with Crippen molar-refractivity contribution in [1.82, 2.24) is 4.57 Å². The van der Waals surface area contributed by atoms with Crippen LogP contribution in [0.3, 0.4) is 0 Å². The van der Waals surface area contributed by atoms with Crippen molar-refractivity contribution in [3.63, 3.8) is 0 Å². The molecule has 0 saturated carbocycles. The number of rotatable bonds is 5. The Kier molecular flexibility index (Phi) is 6.43. The summed E-state index contributed by atoms with van der Waals surface area (Å²) in [7, 11) is 0. The predicted molar refractivity (Wildman–Crippen MR) is 127 cm³/mol. The lowest BCUT2D eigenvalue weighted by atomic mass is 10.0. The summed E-state index contributed by atoms with van der Waals surface area (Å²) >= 11 is 11.8. The quantitative estimate of drug-likeness (QED) is 0.232. The van der Waals surface area contributed by atoms with Crippen LogP contribution in [-0.2, 0) is 17.5 Å². The molecule has 9 heteroatoms. The highest BCUT2D eigenvalue weighted by atomic mass is 35.5. The van der Waals surface area contributed by atoms with Crippen molar-refractivity contribution < 1.29 is 22.8 Å². The van der Waals surface area contributed by atoms with E-state index in [1.807, 2.05) is 0 Å². The molecule has 0 spiro atoms. The molecule has 0 saturated heterocycles. The first-order chi connectivity index (χ1) is 16.0. The fourth-order valence-corrected chi connectivity index (χ4v) is 4.11. The van der Waals surface area contributed by atoms with Crippen molar-refractivity contribution >= 4 is 51.5 Å². The maximum Gasteiger partial charge on any atom is 0.432 e. The first-order valence-electron chi connectivity index (χ1n) is 10.1. The summed E-state index contributed by atoms with van der Waals surface area (Å²) in [6.07, 6.45) is -4.90. The van der Waals surface area contributed by atoms with Crippen molar-refractivity contribution in [3.05, 3.63) is 99.2 Å². The number of halogens is 5. The van der Waals surface area contributed by atoms with E-state index in [0.29, 0.717) is 21.2 Å². The Hall–Kier alpha value is -3.29. The Morgan fingerprint density at radius 1 is 0.941 bits per heavy atom. The van der Waals surface area contributed by atoms with E-state index in [0.717, 1.165) is 4.57 Å². The number of nitrogens with one attached hydrogen (secondary N) is 1. The van der Waals surface area contributed by atoms with Crippen LogP contribution in [0.15, 0.2) is 66.7 Å². The molecular formula is C25H17Cl2F3N2O2. The van der Waals surface area contributed by atoms with Gasteiger partial charge in [-0.1, -0.05) is 53.0 Å². The molecule has 0 bridgehead atoms. The molecule has 1 aromatic heterocycles. The van der Waals surface area contributed by atoms with Crippen LogP contribution in [0.2, 0.25) is 10.0 Å². The smallest absolute Gasteiger partial charge is 0.332 e. The number of nitrogens with zero attached hydrogens (tertiary/aromatic N) is 1. The molecule has 0 fully saturated rings. The van der Waals surface area contributed by atoms with Crippen molar-refractivity contribution in [2.75, 3.05) is 5.32 Å². The number of carbonyl (C=O) groups is 2. The van der Waals surface area contributed by atoms with Gasteiger partial charge in [-0.3, -0.25) is 9.59 Å². The first kappa shape index (κ1) is 23.9. The second-order valence-electron chi connectivity index (χ2n) is 7.75. The second-order valence-corrected chi connectivity index (χ2v) is 8.62. The molecule has 0 radical (unpaired) electrons. The average molecular weight is 505 g/mol. The van der Waals surface area contributed by atoms with E-state index in [9.17, 15) is 22.8 Å². The van der Waals surface area contributed by atoms with Crippen molar-refractivity contribution in [1.29, 1.82) is 0 Å². The minimum Gasteiger partial charge on any atom is -0.332 e. The van der Waals surface area contributed by atoms with Gasteiger partial charge in [0.05, 0.1) is 5.56 Å². The molecule has 174 valence electrons. The fraction of sp³-hybridized carbons (Fsp3) is 0.120. The largest absolute Gasteiger partial charge is 0.432 e. The monoisotopic (exact) mass is 504 g/mol. The summed E-state index contributed by atoms with van der Waals surface area (Å²) in [5.74, 6) is -2.49. The summed E-state index contributed by atoms with van der Waals surface area (Å²) in [5.41, 5.74) is -0.301. The van der Waals surface area contributed by atoms with Crippen LogP contribution in [0.5, 0.6) is 0 Å². The lowest BCUT2D eigenvalue weighted by molar-refractivity contribution is -0.143. The van der Waals surface area contributed by atoms with Gasteiger partial charge in [-0.2, -0.15) is 13.2 Å². The number of anilines is 1. The van der Waals surface area contributed by atoms with Gasteiger partial charge < -0.3 is 9.88 Å². The summed E-state index contributed by atoms with van der Waals surface area (Å²) in [6, 6.07) is 17.0. The SMILES string of the molecule is Cc1ccc2c(c1)c(C(=O)C(=O)Nc1cccc(Cl)c1)c(C(F)(F)F)n2Cc1ccc(Cl)cc1. The molecular weight excluding hydrogens is 488 g/mol. The molecule has 1 amide bonds. The zero-order chi connectivity index (χ0) is 24.6. The second kappa shape index (κ2) is 9.16. The van der Waals surface area contributed by atoms with Crippen molar-refractivity contribution in [3.8, 4) is 0 Å². The number of fused-ring (bicyclic) bond motifs is 1. The van der Waals surface area contributed by atoms with Gasteiger partial charge in [0.15, 0.2) is 0 Å². The number of ketones is 1. The average Bonchev–Trinajstić information content (AvgIpc) is 3.08. The third-order valence-corrected chi connectivity index (χ3v) is 5.74. The van der Waals surface area contributed by atoms with E-state index >= 15 is 0 Å². The maximum absolute atomic E-state index is 14.4. The Morgan fingerprint density at radius 2 is 1.65 bits per heavy atom. The number of hydrogen-bond donors (Lipinski definition) is 1. The molecule has 0 aliphatic rings. The molecule has 0 atom stereocenters. The molecule has 4 nitrogen and oxygen atoms in total. The van der Waals surface area contributed by atoms with E-state index in [-0.39, 0.29) is 23.1 Å². The summed E-state index contributed by atoms with van der Waals surface area (Å²) in [4.78, 5) is 25.9. The number of Topliss-reactive ketones (excluding diaryl/α,β-unsaturated/α-hetero) is 1. The molecule has 0 aliphatic carbocycles. The topological polar surface area (TPSA) is 51.1 Å². The van der Waals surface area contributed by atoms with Crippen LogP contribution in [0.25, 0.3) is 10.9 Å². The van der Waals surface area contributed by atoms with Gasteiger partial charge in [-0.15, -0.1) is 0 Å². The number of alkyl halides is 3. The third kappa shape index (κ3) is 4.81. The maximum atomic E-state index is 14.4. The van der Waals surface area contributed by atoms with Crippen LogP contribution in [0.4, 0.5) is 18.9 Å². The van der Waals surface area contributed by atoms with E-state index in [1.165, 1.54) is 24.3 Å². The van der Waals surface area contributed by atoms with E-state index in [1.54, 1.807) is 49.4 Å². The van der Waals surface area contributed by atoms with Crippen LogP contribution in [0.1, 0.15) is 27.2 Å². The lowest BCUT2D eigenvalue weighted by Gasteiger charge is -2.15. The van der Waals surface area contributed by atoms with Crippen LogP contribution in [-0.4, -0.2) is 16.3 Å². The standard InChI is InChI=1S/C25H17Cl2F3N2O2/c1-14-5-10-20-19(11-14)21(22(33)24(34)31-18-4-2-3-17(27)12-18)23(25(28,29)30)32(20)13-15-6-8-16(26)9-7-15/h2-12H,13H2,1H3,(H,31,34). The number of hydrogen-bond acceptors (Lipinski definition) is 2. The van der Waals surface area contributed by atoms with Crippen LogP contribution >= 0.6 is 23.2 Å². The highest BCUT2D eigenvalue weighted by Crippen LogP contribution is 2.39. The van der Waals surface area contributed by atoms with E-state index in [2.05, 4.69) is 5.32 Å². The number of aryl methyl sites for hydroxylation is 1. The van der Waals surface area contributed by atoms with Crippen molar-refractivity contribution in [2.24, 2.45) is 0 Å². The van der Waals surface area contributed by atoms with Crippen LogP contribution < -0.4 is 5.32 Å². The molecule has 1 heterocycles. The van der Waals surface area contributed by atoms with Gasteiger partial charge in [0, 0.05) is 33.2 Å². The van der Waals surface area contributed by atoms with Gasteiger partial charge in [0.2, 0.25) is 0 Å². The summed E-state index contributed by atoms with van der Waals surface area (Å²) < 4.78 is 44.1. The van der Waals surface area contributed by atoms with Gasteiger partial charge in [-0.25, -0.2) is 0 Å². The highest BCUT2D eigenvalue weighted by Gasteiger charge is 2.42. The Morgan fingerprint density at radius 3 is 2.29 bits per heavy atom. The lowest BCUT2D eigenvalue weighted by Crippen LogP contribution is -2.26. The number of carbonyl (C=O) groups excluding carboxylic acids is 2. The van der Waals surface area contributed by atoms with Gasteiger partial charge >= 0.3 is 6.18 Å². The minimum atomic E-state index is -4.90. The fourth-order valence-electron chi connectivity index (χ4n) is 3.80. The molecule has 34 heavy (non-hydrogen) atoms. The Balaban J connectivity index is 1.87. The molecule has 4 rings (SSSR count). The zero-order valence-electron chi connectivity index (χ0n) is 17.7. The Labute approximate surface area is 202 Å². The Bertz CT molecular complexity index is 1410. The first-order valence-corrected chi connectivity index (χ1v) is 10.9. The molecule has 1 N–H and O–H groups in total. The number of amides is 1. The summed E-state index contributed by atoms with van der Waals surface area (Å²) in [5, 5.41) is 3.14. The summed E-state index contributed by atoms with van der Waals surface area (Å²) in [6.45, 7) is 1.53. The van der Waals surface area contributed by atoms with Gasteiger partial charge in [0.1, 0.15) is 5.69 Å². The number of benzene rings is 3. The van der Waals surface area contributed by atoms with Gasteiger partial charge in [0.25, 0.3) is 11.7 Å². The van der Waals surface area contributed by atoms with Crippen LogP contribution in [0, 0.1) is 6.92 Å². The van der Waals surface area contributed by atoms with E-state index < -0.39 is 29.1 Å². The molecule has 3 aromatic carbocycles. The van der Waals surface area contributed by atoms with E-state index in [4.69, 9.17) is 23.2 Å². The van der Waals surface area contributed by atoms with Crippen molar-refractivity contribution in [2.45, 2.75) is 19.6 Å². The van der Waals surface area contributed by atoms with Gasteiger partial charge in [-0.05, 0) is 55.0 Å². The minimum absolute atomic E-state index is 0.0486. The zero-order valence-corrected chi connectivity index (χ0v) is 19.2. The molecule has 4 aromatic rings. The molecule has 0 unspecified atom stereocenters. The third-order valence-electron chi connectivity index (χ3n) is 5.26. The number of aromatic nitrogens is 1.